The Kier molecular flexibility index (Phi) is 8.14. The van der Waals surface area contributed by atoms with Gasteiger partial charge in [0.15, 0.2) is 11.6 Å². The molecule has 2 aliphatic rings. The molecule has 1 aliphatic carbocycles. The Bertz CT molecular complexity index is 1420. The summed E-state index contributed by atoms with van der Waals surface area (Å²) in [4.78, 5) is 52.7. The van der Waals surface area contributed by atoms with Gasteiger partial charge in [-0.15, -0.1) is 18.3 Å². The molecule has 0 bridgehead atoms. The van der Waals surface area contributed by atoms with E-state index in [1.165, 1.54) is 31.2 Å². The van der Waals surface area contributed by atoms with Crippen molar-refractivity contribution in [2.24, 2.45) is 17.3 Å². The number of ether oxygens (including phenoxy) is 1. The van der Waals surface area contributed by atoms with Crippen LogP contribution in [0.3, 0.4) is 0 Å². The summed E-state index contributed by atoms with van der Waals surface area (Å²) >= 11 is 0. The number of alkyl halides is 3. The minimum atomic E-state index is -4.91. The molecule has 1 saturated heterocycles. The third kappa shape index (κ3) is 6.36. The second-order valence-electron chi connectivity index (χ2n) is 10.6. The van der Waals surface area contributed by atoms with Gasteiger partial charge in [-0.25, -0.2) is 0 Å². The minimum Gasteiger partial charge on any atom is -0.406 e. The molecule has 1 fully saturated rings. The van der Waals surface area contributed by atoms with Crippen molar-refractivity contribution in [1.29, 1.82) is 0 Å². The van der Waals surface area contributed by atoms with Gasteiger partial charge in [0.1, 0.15) is 11.7 Å². The summed E-state index contributed by atoms with van der Waals surface area (Å²) in [6, 6.07) is 6.35. The van der Waals surface area contributed by atoms with Crippen LogP contribution in [0.25, 0.3) is 0 Å². The van der Waals surface area contributed by atoms with Gasteiger partial charge in [0.2, 0.25) is 11.7 Å². The summed E-state index contributed by atoms with van der Waals surface area (Å²) in [6.45, 7) is 7.60. The van der Waals surface area contributed by atoms with Crippen molar-refractivity contribution >= 4 is 29.2 Å². The Morgan fingerprint density at radius 1 is 1.12 bits per heavy atom. The SMILES string of the molecule is CC(=O)NCc1ccc(N2C(=O)C(=O)C(C(=O)C3=CCC(C)(C(C)C)C=C3)C2c2ccc(OC(F)(F)F)cc2)nn1. The lowest BCUT2D eigenvalue weighted by Crippen LogP contribution is -2.32. The molecule has 2 aromatic rings. The zero-order chi connectivity index (χ0) is 30.1. The predicted molar refractivity (Wildman–Crippen MR) is 141 cm³/mol. The van der Waals surface area contributed by atoms with E-state index < -0.39 is 41.5 Å². The molecule has 0 spiro atoms. The van der Waals surface area contributed by atoms with Crippen molar-refractivity contribution in [3.63, 3.8) is 0 Å². The summed E-state index contributed by atoms with van der Waals surface area (Å²) in [5, 5.41) is 10.6. The Morgan fingerprint density at radius 3 is 2.32 bits per heavy atom. The smallest absolute Gasteiger partial charge is 0.406 e. The highest BCUT2D eigenvalue weighted by Gasteiger charge is 2.53. The molecule has 4 rings (SSSR count). The van der Waals surface area contributed by atoms with Crippen LogP contribution in [0.2, 0.25) is 0 Å². The van der Waals surface area contributed by atoms with Gasteiger partial charge in [0, 0.05) is 12.5 Å². The molecule has 1 aromatic heterocycles. The number of halogens is 3. The number of ketones is 2. The van der Waals surface area contributed by atoms with Gasteiger partial charge in [0.05, 0.1) is 18.3 Å². The number of carbonyl (C=O) groups is 4. The predicted octanol–water partition coefficient (Wildman–Crippen LogP) is 4.40. The second kappa shape index (κ2) is 11.3. The Hall–Kier alpha value is -4.35. The number of nitrogens with one attached hydrogen (secondary N) is 1. The molecule has 41 heavy (non-hydrogen) atoms. The molecule has 9 nitrogen and oxygen atoms in total. The monoisotopic (exact) mass is 570 g/mol. The van der Waals surface area contributed by atoms with E-state index in [-0.39, 0.29) is 40.7 Å². The van der Waals surface area contributed by atoms with Crippen LogP contribution in [-0.4, -0.2) is 39.9 Å². The maximum atomic E-state index is 13.8. The lowest BCUT2D eigenvalue weighted by molar-refractivity contribution is -0.274. The average molecular weight is 571 g/mol. The number of nitrogens with zero attached hydrogens (tertiary/aromatic N) is 3. The van der Waals surface area contributed by atoms with Crippen molar-refractivity contribution < 1.29 is 37.1 Å². The van der Waals surface area contributed by atoms with Crippen LogP contribution in [0, 0.1) is 17.3 Å². The molecule has 216 valence electrons. The van der Waals surface area contributed by atoms with E-state index in [1.54, 1.807) is 12.2 Å². The number of aromatic nitrogens is 2. The molecule has 3 unspecified atom stereocenters. The zero-order valence-corrected chi connectivity index (χ0v) is 22.9. The molecule has 2 amide bonds. The maximum Gasteiger partial charge on any atom is 0.573 e. The lowest BCUT2D eigenvalue weighted by Gasteiger charge is -2.32. The van der Waals surface area contributed by atoms with E-state index in [0.29, 0.717) is 12.1 Å². The molecule has 1 N–H and O–H groups in total. The van der Waals surface area contributed by atoms with Crippen molar-refractivity contribution in [1.82, 2.24) is 15.5 Å². The van der Waals surface area contributed by atoms with Crippen molar-refractivity contribution in [2.45, 2.75) is 53.1 Å². The van der Waals surface area contributed by atoms with Crippen LogP contribution < -0.4 is 15.0 Å². The van der Waals surface area contributed by atoms with Crippen LogP contribution in [0.1, 0.15) is 51.4 Å². The second-order valence-corrected chi connectivity index (χ2v) is 10.6. The minimum absolute atomic E-state index is 0.0357. The number of Topliss-reactive ketones (excluding diaryl/α,β-unsaturated/α-hetero) is 2. The third-order valence-corrected chi connectivity index (χ3v) is 7.52. The maximum absolute atomic E-state index is 13.8. The number of rotatable bonds is 8. The normalized spacial score (nSPS) is 22.6. The van der Waals surface area contributed by atoms with Crippen molar-refractivity contribution in [3.05, 3.63) is 71.5 Å². The molecular formula is C29H29F3N4O5. The Balaban J connectivity index is 1.73. The fourth-order valence-corrected chi connectivity index (χ4v) is 4.71. The molecule has 1 aromatic carbocycles. The van der Waals surface area contributed by atoms with Gasteiger partial charge in [-0.3, -0.25) is 24.1 Å². The number of carbonyl (C=O) groups excluding carboxylic acids is 4. The Labute approximate surface area is 234 Å². The largest absolute Gasteiger partial charge is 0.573 e. The zero-order valence-electron chi connectivity index (χ0n) is 22.9. The topological polar surface area (TPSA) is 119 Å². The van der Waals surface area contributed by atoms with Crippen molar-refractivity contribution in [3.8, 4) is 5.75 Å². The average Bonchev–Trinajstić information content (AvgIpc) is 3.17. The lowest BCUT2D eigenvalue weighted by atomic mass is 9.72. The molecule has 12 heteroatoms. The van der Waals surface area contributed by atoms with Gasteiger partial charge in [-0.05, 0) is 47.6 Å². The number of benzene rings is 1. The summed E-state index contributed by atoms with van der Waals surface area (Å²) in [5.41, 5.74) is 0.696. The summed E-state index contributed by atoms with van der Waals surface area (Å²) in [6.07, 6.45) is 0.957. The quantitative estimate of drug-likeness (QED) is 0.369. The highest BCUT2D eigenvalue weighted by Crippen LogP contribution is 2.43. The standard InChI is InChI=1S/C29H29F3N4O5/c1-16(2)28(4)13-11-19(12-14-28)25(38)23-24(18-5-8-21(9-6-18)41-29(30,31)32)36(27(40)26(23)39)22-10-7-20(34-35-22)15-33-17(3)37/h5-13,16,23-24H,14-15H2,1-4H3,(H,33,37). The number of allylic oxidation sites excluding steroid dienone is 4. The summed E-state index contributed by atoms with van der Waals surface area (Å²) < 4.78 is 42.1. The molecule has 0 radical (unpaired) electrons. The van der Waals surface area contributed by atoms with E-state index in [2.05, 4.69) is 41.0 Å². The van der Waals surface area contributed by atoms with Crippen LogP contribution in [0.5, 0.6) is 5.75 Å². The fraction of sp³-hybridized carbons (Fsp3) is 0.379. The van der Waals surface area contributed by atoms with E-state index in [4.69, 9.17) is 0 Å². The molecule has 1 aliphatic heterocycles. The molecule has 2 heterocycles. The van der Waals surface area contributed by atoms with Crippen LogP contribution in [-0.2, 0) is 25.7 Å². The first-order valence-electron chi connectivity index (χ1n) is 12.9. The fourth-order valence-electron chi connectivity index (χ4n) is 4.71. The number of hydrogen-bond donors (Lipinski definition) is 1. The third-order valence-electron chi connectivity index (χ3n) is 7.52. The number of anilines is 1. The van der Waals surface area contributed by atoms with Gasteiger partial charge in [0.25, 0.3) is 5.91 Å². The first-order valence-corrected chi connectivity index (χ1v) is 12.9. The first kappa shape index (κ1) is 29.6. The van der Waals surface area contributed by atoms with E-state index in [9.17, 15) is 32.3 Å². The van der Waals surface area contributed by atoms with Crippen LogP contribution >= 0.6 is 0 Å². The van der Waals surface area contributed by atoms with E-state index in [0.717, 1.165) is 17.0 Å². The molecular weight excluding hydrogens is 541 g/mol. The highest BCUT2D eigenvalue weighted by atomic mass is 19.4. The number of hydrogen-bond acceptors (Lipinski definition) is 7. The van der Waals surface area contributed by atoms with Gasteiger partial charge >= 0.3 is 6.36 Å². The van der Waals surface area contributed by atoms with Crippen molar-refractivity contribution in [2.75, 3.05) is 4.90 Å². The number of amides is 2. The van der Waals surface area contributed by atoms with Crippen LogP contribution in [0.4, 0.5) is 19.0 Å². The Morgan fingerprint density at radius 2 is 1.80 bits per heavy atom. The molecule has 3 atom stereocenters. The van der Waals surface area contributed by atoms with E-state index >= 15 is 0 Å². The van der Waals surface area contributed by atoms with E-state index in [1.807, 2.05) is 6.08 Å². The van der Waals surface area contributed by atoms with Gasteiger partial charge in [-0.1, -0.05) is 51.1 Å². The summed E-state index contributed by atoms with van der Waals surface area (Å²) in [7, 11) is 0. The summed E-state index contributed by atoms with van der Waals surface area (Å²) in [5.74, 6) is -4.55. The first-order chi connectivity index (χ1) is 19.2. The molecule has 0 saturated carbocycles. The van der Waals surface area contributed by atoms with Gasteiger partial charge in [-0.2, -0.15) is 5.10 Å². The van der Waals surface area contributed by atoms with Crippen LogP contribution in [0.15, 0.2) is 60.2 Å². The van der Waals surface area contributed by atoms with Gasteiger partial charge < -0.3 is 10.1 Å². The highest BCUT2D eigenvalue weighted by molar-refractivity contribution is 6.49.